The highest BCUT2D eigenvalue weighted by atomic mass is 16.2. The number of anilines is 1. The summed E-state index contributed by atoms with van der Waals surface area (Å²) in [6.45, 7) is 7.56. The number of fused-ring (bicyclic) bond motifs is 1. The summed E-state index contributed by atoms with van der Waals surface area (Å²) in [5, 5.41) is 3.45. The third kappa shape index (κ3) is 2.56. The Morgan fingerprint density at radius 2 is 2.00 bits per heavy atom. The molecule has 3 rings (SSSR count). The molecule has 114 valence electrons. The number of hydrogen-bond acceptors (Lipinski definition) is 3. The van der Waals surface area contributed by atoms with Gasteiger partial charge >= 0.3 is 0 Å². The Bertz CT molecular complexity index is 694. The number of aryl methyl sites for hydroxylation is 1. The van der Waals surface area contributed by atoms with E-state index < -0.39 is 0 Å². The molecular weight excluding hydrogens is 274 g/mol. The van der Waals surface area contributed by atoms with E-state index in [1.165, 1.54) is 11.1 Å². The number of carbonyl (C=O) groups is 1. The second-order valence-electron chi connectivity index (χ2n) is 5.78. The predicted octanol–water partition coefficient (Wildman–Crippen LogP) is 3.54. The molecule has 0 saturated heterocycles. The highest BCUT2D eigenvalue weighted by Crippen LogP contribution is 2.29. The molecule has 1 aromatic carbocycles. The fourth-order valence-corrected chi connectivity index (χ4v) is 2.81. The van der Waals surface area contributed by atoms with Crippen molar-refractivity contribution in [1.82, 2.24) is 9.88 Å². The van der Waals surface area contributed by atoms with Crippen LogP contribution in [-0.4, -0.2) is 22.3 Å². The normalized spacial score (nSPS) is 14.9. The maximum absolute atomic E-state index is 12.2. The Kier molecular flexibility index (Phi) is 3.84. The zero-order valence-corrected chi connectivity index (χ0v) is 13.3. The lowest BCUT2D eigenvalue weighted by atomic mass is 10.1. The first-order valence-electron chi connectivity index (χ1n) is 7.70. The molecule has 0 unspecified atom stereocenters. The van der Waals surface area contributed by atoms with Gasteiger partial charge in [0.25, 0.3) is 5.91 Å². The smallest absolute Gasteiger partial charge is 0.254 e. The lowest BCUT2D eigenvalue weighted by molar-refractivity contribution is 0.0787. The molecule has 1 aliphatic heterocycles. The molecule has 1 aromatic heterocycles. The van der Waals surface area contributed by atoms with E-state index in [4.69, 9.17) is 0 Å². The topological polar surface area (TPSA) is 45.2 Å². The fourth-order valence-electron chi connectivity index (χ4n) is 2.81. The van der Waals surface area contributed by atoms with Crippen LogP contribution in [0.1, 0.15) is 46.9 Å². The standard InChI is InChI=1S/C18H21N3O/c1-4-21-11-16-15(18(21)22)9-10-19-17(16)20-13(3)14-7-5-12(2)6-8-14/h5-10,13H,4,11H2,1-3H3,(H,19,20)/t13-/m0/s1. The highest BCUT2D eigenvalue weighted by Gasteiger charge is 2.29. The summed E-state index contributed by atoms with van der Waals surface area (Å²) in [5.74, 6) is 0.917. The Morgan fingerprint density at radius 3 is 2.68 bits per heavy atom. The molecule has 0 spiro atoms. The van der Waals surface area contributed by atoms with Gasteiger partial charge in [0.05, 0.1) is 6.54 Å². The molecule has 1 aliphatic rings. The quantitative estimate of drug-likeness (QED) is 0.938. The minimum Gasteiger partial charge on any atom is -0.363 e. The van der Waals surface area contributed by atoms with Gasteiger partial charge in [0.2, 0.25) is 0 Å². The third-order valence-electron chi connectivity index (χ3n) is 4.23. The number of pyridine rings is 1. The second kappa shape index (κ2) is 5.79. The number of hydrogen-bond donors (Lipinski definition) is 1. The second-order valence-corrected chi connectivity index (χ2v) is 5.78. The van der Waals surface area contributed by atoms with E-state index in [1.54, 1.807) is 6.20 Å². The van der Waals surface area contributed by atoms with Gasteiger partial charge in [-0.05, 0) is 32.4 Å². The minimum absolute atomic E-state index is 0.103. The molecule has 2 aromatic rings. The van der Waals surface area contributed by atoms with Crippen LogP contribution in [0.5, 0.6) is 0 Å². The first kappa shape index (κ1) is 14.6. The SMILES string of the molecule is CCN1Cc2c(ccnc2N[C@@H](C)c2ccc(C)cc2)C1=O. The summed E-state index contributed by atoms with van der Waals surface area (Å²) >= 11 is 0. The van der Waals surface area contributed by atoms with E-state index >= 15 is 0 Å². The highest BCUT2D eigenvalue weighted by molar-refractivity contribution is 5.99. The van der Waals surface area contributed by atoms with Gasteiger partial charge in [0.1, 0.15) is 5.82 Å². The summed E-state index contributed by atoms with van der Waals surface area (Å²) in [5.41, 5.74) is 4.24. The molecule has 1 atom stereocenters. The molecule has 0 radical (unpaired) electrons. The molecule has 0 fully saturated rings. The van der Waals surface area contributed by atoms with Gasteiger partial charge in [0, 0.05) is 29.9 Å². The molecule has 0 saturated carbocycles. The van der Waals surface area contributed by atoms with E-state index in [0.29, 0.717) is 6.54 Å². The molecule has 22 heavy (non-hydrogen) atoms. The number of nitrogens with one attached hydrogen (secondary N) is 1. The lowest BCUT2D eigenvalue weighted by Crippen LogP contribution is -2.22. The molecule has 2 heterocycles. The van der Waals surface area contributed by atoms with Crippen molar-refractivity contribution in [3.8, 4) is 0 Å². The Balaban J connectivity index is 1.85. The van der Waals surface area contributed by atoms with Crippen LogP contribution in [0.15, 0.2) is 36.5 Å². The Morgan fingerprint density at radius 1 is 1.27 bits per heavy atom. The maximum Gasteiger partial charge on any atom is 0.254 e. The molecule has 1 amide bonds. The number of benzene rings is 1. The minimum atomic E-state index is 0.103. The first-order valence-corrected chi connectivity index (χ1v) is 7.70. The maximum atomic E-state index is 12.2. The van der Waals surface area contributed by atoms with Gasteiger partial charge in [-0.3, -0.25) is 4.79 Å². The molecule has 1 N–H and O–H groups in total. The number of aromatic nitrogens is 1. The average molecular weight is 295 g/mol. The zero-order valence-electron chi connectivity index (χ0n) is 13.3. The average Bonchev–Trinajstić information content (AvgIpc) is 2.85. The molecule has 0 aliphatic carbocycles. The zero-order chi connectivity index (χ0) is 15.7. The summed E-state index contributed by atoms with van der Waals surface area (Å²) in [7, 11) is 0. The summed E-state index contributed by atoms with van der Waals surface area (Å²) < 4.78 is 0. The Hall–Kier alpha value is -2.36. The van der Waals surface area contributed by atoms with Crippen molar-refractivity contribution in [2.75, 3.05) is 11.9 Å². The molecule has 0 bridgehead atoms. The van der Waals surface area contributed by atoms with Crippen molar-refractivity contribution >= 4 is 11.7 Å². The van der Waals surface area contributed by atoms with Crippen LogP contribution in [-0.2, 0) is 6.54 Å². The lowest BCUT2D eigenvalue weighted by Gasteiger charge is -2.17. The monoisotopic (exact) mass is 295 g/mol. The van der Waals surface area contributed by atoms with Crippen LogP contribution in [0.4, 0.5) is 5.82 Å². The largest absolute Gasteiger partial charge is 0.363 e. The fraction of sp³-hybridized carbons (Fsp3) is 0.333. The van der Waals surface area contributed by atoms with E-state index in [-0.39, 0.29) is 11.9 Å². The first-order chi connectivity index (χ1) is 10.6. The van der Waals surface area contributed by atoms with Crippen molar-refractivity contribution in [1.29, 1.82) is 0 Å². The van der Waals surface area contributed by atoms with Crippen molar-refractivity contribution in [3.05, 3.63) is 58.8 Å². The van der Waals surface area contributed by atoms with E-state index in [2.05, 4.69) is 48.4 Å². The van der Waals surface area contributed by atoms with Crippen LogP contribution in [0, 0.1) is 6.92 Å². The number of rotatable bonds is 4. The molecular formula is C18H21N3O. The molecule has 4 heteroatoms. The van der Waals surface area contributed by atoms with Crippen LogP contribution < -0.4 is 5.32 Å². The van der Waals surface area contributed by atoms with Crippen molar-refractivity contribution in [3.63, 3.8) is 0 Å². The Labute approximate surface area is 131 Å². The van der Waals surface area contributed by atoms with Crippen molar-refractivity contribution < 1.29 is 4.79 Å². The van der Waals surface area contributed by atoms with E-state index in [0.717, 1.165) is 23.5 Å². The summed E-state index contributed by atoms with van der Waals surface area (Å²) in [4.78, 5) is 18.5. The van der Waals surface area contributed by atoms with Gasteiger partial charge in [0.15, 0.2) is 0 Å². The van der Waals surface area contributed by atoms with Gasteiger partial charge in [-0.1, -0.05) is 29.8 Å². The number of amides is 1. The van der Waals surface area contributed by atoms with Gasteiger partial charge in [-0.15, -0.1) is 0 Å². The van der Waals surface area contributed by atoms with Crippen LogP contribution in [0.25, 0.3) is 0 Å². The predicted molar refractivity (Wildman–Crippen MR) is 87.9 cm³/mol. The van der Waals surface area contributed by atoms with Gasteiger partial charge in [-0.2, -0.15) is 0 Å². The van der Waals surface area contributed by atoms with Gasteiger partial charge in [-0.25, -0.2) is 4.98 Å². The van der Waals surface area contributed by atoms with Gasteiger partial charge < -0.3 is 10.2 Å². The van der Waals surface area contributed by atoms with E-state index in [1.807, 2.05) is 17.9 Å². The number of carbonyl (C=O) groups excluding carboxylic acids is 1. The number of nitrogens with zero attached hydrogens (tertiary/aromatic N) is 2. The van der Waals surface area contributed by atoms with Crippen LogP contribution in [0.2, 0.25) is 0 Å². The van der Waals surface area contributed by atoms with Crippen LogP contribution in [0.3, 0.4) is 0 Å². The summed E-state index contributed by atoms with van der Waals surface area (Å²) in [6, 6.07) is 10.4. The third-order valence-corrected chi connectivity index (χ3v) is 4.23. The van der Waals surface area contributed by atoms with E-state index in [9.17, 15) is 4.79 Å². The van der Waals surface area contributed by atoms with Crippen molar-refractivity contribution in [2.24, 2.45) is 0 Å². The van der Waals surface area contributed by atoms with Crippen molar-refractivity contribution in [2.45, 2.75) is 33.4 Å². The molecule has 4 nitrogen and oxygen atoms in total. The summed E-state index contributed by atoms with van der Waals surface area (Å²) in [6.07, 6.45) is 1.71. The van der Waals surface area contributed by atoms with Crippen LogP contribution >= 0.6 is 0 Å².